The first-order valence-electron chi connectivity index (χ1n) is 8.11. The third-order valence-electron chi connectivity index (χ3n) is 4.25. The van der Waals surface area contributed by atoms with Crippen LogP contribution in [-0.4, -0.2) is 33.2 Å². The van der Waals surface area contributed by atoms with Crippen LogP contribution in [0.25, 0.3) is 0 Å². The van der Waals surface area contributed by atoms with Gasteiger partial charge < -0.3 is 9.53 Å². The highest BCUT2D eigenvalue weighted by molar-refractivity contribution is 6.83. The van der Waals surface area contributed by atoms with Crippen molar-refractivity contribution < 1.29 is 9.53 Å². The molecule has 0 aromatic heterocycles. The van der Waals surface area contributed by atoms with Crippen LogP contribution in [-0.2, 0) is 4.43 Å². The lowest BCUT2D eigenvalue weighted by molar-refractivity contribution is -0.117. The van der Waals surface area contributed by atoms with Crippen molar-refractivity contribution in [1.82, 2.24) is 0 Å². The Bertz CT molecular complexity index is 434. The van der Waals surface area contributed by atoms with Gasteiger partial charge in [0.1, 0.15) is 13.7 Å². The Kier molecular flexibility index (Phi) is 5.28. The quantitative estimate of drug-likeness (QED) is 0.606. The molecule has 1 aliphatic rings. The van der Waals surface area contributed by atoms with Gasteiger partial charge in [0, 0.05) is 11.5 Å². The summed E-state index contributed by atoms with van der Waals surface area (Å²) in [5.74, 6) is 3.43. The van der Waals surface area contributed by atoms with Crippen molar-refractivity contribution in [2.45, 2.75) is 84.6 Å². The molecule has 0 aromatic rings. The molecular formula is C17H34O2Si2. The maximum absolute atomic E-state index is 11.3. The monoisotopic (exact) mass is 326 g/mol. The van der Waals surface area contributed by atoms with Gasteiger partial charge in [-0.3, -0.25) is 0 Å². The molecule has 0 bridgehead atoms. The van der Waals surface area contributed by atoms with Crippen LogP contribution in [0.2, 0.25) is 39.3 Å². The van der Waals surface area contributed by atoms with Crippen LogP contribution in [0, 0.1) is 22.8 Å². The third-order valence-corrected chi connectivity index (χ3v) is 6.16. The normalized spacial score (nSPS) is 33.2. The smallest absolute Gasteiger partial charge is 0.184 e. The van der Waals surface area contributed by atoms with Crippen LogP contribution < -0.4 is 0 Å². The summed E-state index contributed by atoms with van der Waals surface area (Å²) < 4.78 is 6.31. The molecule has 0 radical (unpaired) electrons. The van der Waals surface area contributed by atoms with Gasteiger partial charge in [0.25, 0.3) is 0 Å². The third kappa shape index (κ3) is 4.95. The molecule has 1 N–H and O–H groups in total. The van der Waals surface area contributed by atoms with E-state index in [1.54, 1.807) is 0 Å². The van der Waals surface area contributed by atoms with E-state index in [-0.39, 0.29) is 17.4 Å². The molecule has 21 heavy (non-hydrogen) atoms. The Morgan fingerprint density at radius 3 is 2.00 bits per heavy atom. The van der Waals surface area contributed by atoms with E-state index >= 15 is 0 Å². The second kappa shape index (κ2) is 5.84. The molecule has 2 nitrogen and oxygen atoms in total. The van der Waals surface area contributed by atoms with E-state index in [1.807, 2.05) is 0 Å². The molecule has 0 aliphatic heterocycles. The van der Waals surface area contributed by atoms with E-state index in [4.69, 9.17) is 4.43 Å². The summed E-state index contributed by atoms with van der Waals surface area (Å²) in [6, 6.07) is 0. The van der Waals surface area contributed by atoms with Crippen LogP contribution in [0.3, 0.4) is 0 Å². The van der Waals surface area contributed by atoms with E-state index in [1.165, 1.54) is 0 Å². The molecule has 3 atom stereocenters. The molecule has 1 saturated carbocycles. The Labute approximate surface area is 133 Å². The van der Waals surface area contributed by atoms with E-state index in [9.17, 15) is 5.11 Å². The van der Waals surface area contributed by atoms with Gasteiger partial charge in [-0.2, -0.15) is 0 Å². The summed E-state index contributed by atoms with van der Waals surface area (Å²) in [6.07, 6.45) is 2.05. The Morgan fingerprint density at radius 2 is 1.62 bits per heavy atom. The second-order valence-electron chi connectivity index (χ2n) is 9.34. The van der Waals surface area contributed by atoms with Crippen LogP contribution in [0.4, 0.5) is 0 Å². The van der Waals surface area contributed by atoms with Crippen molar-refractivity contribution in [3.8, 4) is 11.5 Å². The first-order chi connectivity index (χ1) is 9.16. The predicted octanol–water partition coefficient (Wildman–Crippen LogP) is 4.27. The summed E-state index contributed by atoms with van der Waals surface area (Å²) >= 11 is 0. The highest BCUT2D eigenvalue weighted by Gasteiger charge is 2.52. The van der Waals surface area contributed by atoms with Gasteiger partial charge >= 0.3 is 0 Å². The summed E-state index contributed by atoms with van der Waals surface area (Å²) in [4.78, 5) is 0. The van der Waals surface area contributed by atoms with Gasteiger partial charge in [-0.25, -0.2) is 0 Å². The molecule has 0 saturated heterocycles. The first kappa shape index (κ1) is 19.0. The number of hydrogen-bond donors (Lipinski definition) is 1. The molecule has 1 fully saturated rings. The van der Waals surface area contributed by atoms with Crippen LogP contribution in [0.15, 0.2) is 0 Å². The highest BCUT2D eigenvalue weighted by atomic mass is 28.4. The summed E-state index contributed by atoms with van der Waals surface area (Å²) in [5, 5.41) is 11.3. The lowest BCUT2D eigenvalue weighted by Crippen LogP contribution is -2.56. The van der Waals surface area contributed by atoms with E-state index in [0.29, 0.717) is 0 Å². The standard InChI is InChI=1S/C17H34O2Si2/c1-14-12-15(19-21(7,8)9)13-16(2,3)17(14,18)10-11-20(4,5)6/h14-15,18H,12-13H2,1-9H3/t14-,15-,17+/m1/s1. The minimum atomic E-state index is -1.54. The fourth-order valence-electron chi connectivity index (χ4n) is 3.20. The largest absolute Gasteiger partial charge is 0.415 e. The topological polar surface area (TPSA) is 29.5 Å². The van der Waals surface area contributed by atoms with Crippen molar-refractivity contribution >= 4 is 16.4 Å². The van der Waals surface area contributed by atoms with Gasteiger partial charge in [0.2, 0.25) is 0 Å². The van der Waals surface area contributed by atoms with Gasteiger partial charge in [0.15, 0.2) is 8.32 Å². The van der Waals surface area contributed by atoms with E-state index < -0.39 is 22.0 Å². The molecular weight excluding hydrogens is 292 g/mol. The molecule has 122 valence electrons. The van der Waals surface area contributed by atoms with Crippen molar-refractivity contribution in [2.75, 3.05) is 0 Å². The lowest BCUT2D eigenvalue weighted by Gasteiger charge is -2.51. The molecule has 1 aliphatic carbocycles. The van der Waals surface area contributed by atoms with Crippen LogP contribution in [0.1, 0.15) is 33.6 Å². The molecule has 0 heterocycles. The Morgan fingerprint density at radius 1 is 1.10 bits per heavy atom. The Hall–Kier alpha value is -0.0862. The average molecular weight is 327 g/mol. The summed E-state index contributed by atoms with van der Waals surface area (Å²) in [7, 11) is -3.02. The summed E-state index contributed by atoms with van der Waals surface area (Å²) in [6.45, 7) is 19.8. The lowest BCUT2D eigenvalue weighted by atomic mass is 9.60. The Balaban J connectivity index is 3.02. The zero-order valence-corrected chi connectivity index (χ0v) is 17.4. The molecule has 0 aromatic carbocycles. The molecule has 1 rings (SSSR count). The zero-order chi connectivity index (χ0) is 16.7. The maximum atomic E-state index is 11.3. The molecule has 0 unspecified atom stereocenters. The van der Waals surface area contributed by atoms with Crippen molar-refractivity contribution in [3.63, 3.8) is 0 Å². The van der Waals surface area contributed by atoms with Crippen molar-refractivity contribution in [2.24, 2.45) is 11.3 Å². The van der Waals surface area contributed by atoms with E-state index in [2.05, 4.69) is 71.5 Å². The van der Waals surface area contributed by atoms with Gasteiger partial charge in [-0.15, -0.1) is 5.54 Å². The van der Waals surface area contributed by atoms with Crippen molar-refractivity contribution in [1.29, 1.82) is 0 Å². The van der Waals surface area contributed by atoms with Crippen molar-refractivity contribution in [3.05, 3.63) is 0 Å². The SMILES string of the molecule is C[C@@H]1C[C@@H](O[Si](C)(C)C)CC(C)(C)[C@]1(O)C#C[Si](C)(C)C. The second-order valence-corrected chi connectivity index (χ2v) is 18.6. The van der Waals surface area contributed by atoms with Gasteiger partial charge in [-0.05, 0) is 38.4 Å². The molecule has 4 heteroatoms. The molecule has 0 amide bonds. The number of hydrogen-bond acceptors (Lipinski definition) is 2. The van der Waals surface area contributed by atoms with Crippen LogP contribution >= 0.6 is 0 Å². The average Bonchev–Trinajstić information content (AvgIpc) is 2.19. The minimum Gasteiger partial charge on any atom is -0.415 e. The first-order valence-corrected chi connectivity index (χ1v) is 15.0. The fourth-order valence-corrected chi connectivity index (χ4v) is 4.95. The maximum Gasteiger partial charge on any atom is 0.184 e. The number of rotatable bonds is 2. The fraction of sp³-hybridized carbons (Fsp3) is 0.882. The number of aliphatic hydroxyl groups is 1. The zero-order valence-electron chi connectivity index (χ0n) is 15.4. The minimum absolute atomic E-state index is 0.145. The molecule has 0 spiro atoms. The van der Waals surface area contributed by atoms with Crippen LogP contribution in [0.5, 0.6) is 0 Å². The predicted molar refractivity (Wildman–Crippen MR) is 96.5 cm³/mol. The summed E-state index contributed by atoms with van der Waals surface area (Å²) in [5.41, 5.74) is 2.26. The van der Waals surface area contributed by atoms with E-state index in [0.717, 1.165) is 12.8 Å². The van der Waals surface area contributed by atoms with Gasteiger partial charge in [0.05, 0.1) is 0 Å². The van der Waals surface area contributed by atoms with Gasteiger partial charge in [-0.1, -0.05) is 46.3 Å². The highest BCUT2D eigenvalue weighted by Crippen LogP contribution is 2.48.